The standard InChI is InChI=1S/C24H22ClFN4O/c1-14(30-22-17-6-4-5-7-21(17)27-13-19(22)25)18-10-15(8-9-20(18)26)16-11-28-23(29-12-16)24(2,3)31/h4-14,31H,1-3H3,(H,27,30). The normalized spacial score (nSPS) is 12.7. The lowest BCUT2D eigenvalue weighted by atomic mass is 10.0. The zero-order valence-electron chi connectivity index (χ0n) is 17.4. The van der Waals surface area contributed by atoms with Gasteiger partial charge in [0.2, 0.25) is 0 Å². The van der Waals surface area contributed by atoms with E-state index < -0.39 is 5.60 Å². The van der Waals surface area contributed by atoms with Crippen molar-refractivity contribution in [3.8, 4) is 11.1 Å². The first-order valence-corrected chi connectivity index (χ1v) is 10.3. The molecule has 158 valence electrons. The van der Waals surface area contributed by atoms with Gasteiger partial charge in [-0.25, -0.2) is 14.4 Å². The lowest BCUT2D eigenvalue weighted by molar-refractivity contribution is 0.0687. The van der Waals surface area contributed by atoms with Gasteiger partial charge in [0, 0.05) is 35.1 Å². The molecule has 1 unspecified atom stereocenters. The van der Waals surface area contributed by atoms with Crippen LogP contribution in [0.5, 0.6) is 0 Å². The monoisotopic (exact) mass is 436 g/mol. The molecule has 0 aliphatic rings. The summed E-state index contributed by atoms with van der Waals surface area (Å²) in [6.07, 6.45) is 4.85. The third-order valence-electron chi connectivity index (χ3n) is 5.08. The maximum atomic E-state index is 14.7. The van der Waals surface area contributed by atoms with Gasteiger partial charge in [-0.05, 0) is 44.5 Å². The molecule has 0 radical (unpaired) electrons. The fraction of sp³-hybridized carbons (Fsp3) is 0.208. The topological polar surface area (TPSA) is 70.9 Å². The van der Waals surface area contributed by atoms with E-state index in [1.165, 1.54) is 6.07 Å². The average molecular weight is 437 g/mol. The van der Waals surface area contributed by atoms with Gasteiger partial charge in [0.05, 0.1) is 22.3 Å². The zero-order valence-corrected chi connectivity index (χ0v) is 18.2. The minimum absolute atomic E-state index is 0.327. The molecule has 2 heterocycles. The first-order valence-electron chi connectivity index (χ1n) is 9.88. The molecule has 0 amide bonds. The summed E-state index contributed by atoms with van der Waals surface area (Å²) in [5.41, 5.74) is 2.38. The van der Waals surface area contributed by atoms with Crippen molar-refractivity contribution in [2.24, 2.45) is 0 Å². The maximum Gasteiger partial charge on any atom is 0.159 e. The Bertz CT molecular complexity index is 1240. The SMILES string of the molecule is CC(Nc1c(Cl)cnc2ccccc12)c1cc(-c2cnc(C(C)(C)O)nc2)ccc1F. The van der Waals surface area contributed by atoms with Crippen molar-refractivity contribution < 1.29 is 9.50 Å². The van der Waals surface area contributed by atoms with E-state index in [9.17, 15) is 9.50 Å². The third kappa shape index (κ3) is 4.36. The lowest BCUT2D eigenvalue weighted by Crippen LogP contribution is -2.19. The Hall–Kier alpha value is -3.09. The predicted molar refractivity (Wildman–Crippen MR) is 121 cm³/mol. The molecule has 0 saturated heterocycles. The van der Waals surface area contributed by atoms with Crippen LogP contribution in [0.1, 0.15) is 38.2 Å². The highest BCUT2D eigenvalue weighted by molar-refractivity contribution is 6.34. The number of fused-ring (bicyclic) bond motifs is 1. The van der Waals surface area contributed by atoms with Crippen molar-refractivity contribution in [1.29, 1.82) is 0 Å². The van der Waals surface area contributed by atoms with Crippen molar-refractivity contribution in [3.63, 3.8) is 0 Å². The quantitative estimate of drug-likeness (QED) is 0.408. The summed E-state index contributed by atoms with van der Waals surface area (Å²) < 4.78 is 14.7. The number of hydrogen-bond donors (Lipinski definition) is 2. The summed E-state index contributed by atoms with van der Waals surface area (Å²) in [6.45, 7) is 5.13. The zero-order chi connectivity index (χ0) is 22.2. The molecule has 0 aliphatic carbocycles. The first-order chi connectivity index (χ1) is 14.7. The number of halogens is 2. The molecule has 5 nitrogen and oxygen atoms in total. The summed E-state index contributed by atoms with van der Waals surface area (Å²) in [4.78, 5) is 12.8. The number of rotatable bonds is 5. The summed E-state index contributed by atoms with van der Waals surface area (Å²) in [7, 11) is 0. The largest absolute Gasteiger partial charge is 0.382 e. The minimum atomic E-state index is -1.13. The van der Waals surface area contributed by atoms with Gasteiger partial charge >= 0.3 is 0 Å². The number of hydrogen-bond acceptors (Lipinski definition) is 5. The van der Waals surface area contributed by atoms with Crippen LogP contribution in [0.15, 0.2) is 61.1 Å². The fourth-order valence-electron chi connectivity index (χ4n) is 3.41. The third-order valence-corrected chi connectivity index (χ3v) is 5.37. The number of nitrogens with zero attached hydrogens (tertiary/aromatic N) is 3. The van der Waals surface area contributed by atoms with E-state index in [1.807, 2.05) is 31.2 Å². The number of aromatic nitrogens is 3. The molecule has 0 bridgehead atoms. The number of aliphatic hydroxyl groups is 1. The lowest BCUT2D eigenvalue weighted by Gasteiger charge is -2.20. The van der Waals surface area contributed by atoms with Crippen LogP contribution in [0, 0.1) is 5.82 Å². The Morgan fingerprint density at radius 3 is 2.42 bits per heavy atom. The van der Waals surface area contributed by atoms with E-state index in [-0.39, 0.29) is 11.9 Å². The van der Waals surface area contributed by atoms with Gasteiger partial charge in [0.25, 0.3) is 0 Å². The van der Waals surface area contributed by atoms with Crippen molar-refractivity contribution >= 4 is 28.2 Å². The van der Waals surface area contributed by atoms with E-state index in [1.54, 1.807) is 44.6 Å². The molecule has 4 rings (SSSR count). The summed E-state index contributed by atoms with van der Waals surface area (Å²) in [5, 5.41) is 14.7. The highest BCUT2D eigenvalue weighted by atomic mass is 35.5. The second-order valence-corrected chi connectivity index (χ2v) is 8.36. The van der Waals surface area contributed by atoms with Gasteiger partial charge < -0.3 is 10.4 Å². The molecule has 4 aromatic rings. The number of anilines is 1. The summed E-state index contributed by atoms with van der Waals surface area (Å²) in [6, 6.07) is 12.2. The second kappa shape index (κ2) is 8.21. The molecule has 0 fully saturated rings. The van der Waals surface area contributed by atoms with Gasteiger partial charge in [-0.1, -0.05) is 35.9 Å². The van der Waals surface area contributed by atoms with Crippen LogP contribution in [-0.2, 0) is 5.60 Å². The molecule has 2 aromatic heterocycles. The van der Waals surface area contributed by atoms with E-state index in [0.29, 0.717) is 22.1 Å². The maximum absolute atomic E-state index is 14.7. The minimum Gasteiger partial charge on any atom is -0.382 e. The molecule has 0 spiro atoms. The predicted octanol–water partition coefficient (Wildman–Crippen LogP) is 5.88. The average Bonchev–Trinajstić information content (AvgIpc) is 2.75. The van der Waals surface area contributed by atoms with Crippen molar-refractivity contribution in [1.82, 2.24) is 15.0 Å². The molecule has 7 heteroatoms. The first kappa shape index (κ1) is 21.2. The Morgan fingerprint density at radius 1 is 1.00 bits per heavy atom. The molecular formula is C24H22ClFN4O. The van der Waals surface area contributed by atoms with E-state index in [2.05, 4.69) is 20.3 Å². The number of pyridine rings is 1. The summed E-state index contributed by atoms with van der Waals surface area (Å²) >= 11 is 6.40. The van der Waals surface area contributed by atoms with E-state index in [0.717, 1.165) is 22.0 Å². The van der Waals surface area contributed by atoms with Crippen LogP contribution in [0.4, 0.5) is 10.1 Å². The van der Waals surface area contributed by atoms with Crippen LogP contribution in [0.2, 0.25) is 5.02 Å². The van der Waals surface area contributed by atoms with Gasteiger partial charge in [0.15, 0.2) is 5.82 Å². The Morgan fingerprint density at radius 2 is 1.71 bits per heavy atom. The van der Waals surface area contributed by atoms with Crippen molar-refractivity contribution in [2.45, 2.75) is 32.4 Å². The Balaban J connectivity index is 1.67. The smallest absolute Gasteiger partial charge is 0.159 e. The van der Waals surface area contributed by atoms with Gasteiger partial charge in [-0.15, -0.1) is 0 Å². The molecule has 1 atom stereocenters. The van der Waals surface area contributed by atoms with Crippen LogP contribution in [-0.4, -0.2) is 20.1 Å². The van der Waals surface area contributed by atoms with Crippen molar-refractivity contribution in [3.05, 3.63) is 83.3 Å². The fourth-order valence-corrected chi connectivity index (χ4v) is 3.61. The van der Waals surface area contributed by atoms with Gasteiger partial charge in [0.1, 0.15) is 11.4 Å². The Labute approximate surface area is 185 Å². The van der Waals surface area contributed by atoms with Gasteiger partial charge in [-0.3, -0.25) is 4.98 Å². The van der Waals surface area contributed by atoms with Crippen molar-refractivity contribution in [2.75, 3.05) is 5.32 Å². The molecule has 2 N–H and O–H groups in total. The van der Waals surface area contributed by atoms with Crippen LogP contribution in [0.25, 0.3) is 22.0 Å². The Kier molecular flexibility index (Phi) is 5.60. The molecule has 0 aliphatic heterocycles. The van der Waals surface area contributed by atoms with Crippen LogP contribution < -0.4 is 5.32 Å². The van der Waals surface area contributed by atoms with E-state index in [4.69, 9.17) is 11.6 Å². The highest BCUT2D eigenvalue weighted by Gasteiger charge is 2.20. The highest BCUT2D eigenvalue weighted by Crippen LogP contribution is 2.34. The second-order valence-electron chi connectivity index (χ2n) is 7.95. The van der Waals surface area contributed by atoms with Crippen LogP contribution >= 0.6 is 11.6 Å². The molecule has 2 aromatic carbocycles. The summed E-state index contributed by atoms with van der Waals surface area (Å²) in [5.74, 6) is 0.0000844. The number of benzene rings is 2. The molecular weight excluding hydrogens is 415 g/mol. The van der Waals surface area contributed by atoms with E-state index >= 15 is 0 Å². The number of nitrogens with one attached hydrogen (secondary N) is 1. The molecule has 31 heavy (non-hydrogen) atoms. The van der Waals surface area contributed by atoms with Gasteiger partial charge in [-0.2, -0.15) is 0 Å². The number of para-hydroxylation sites is 1. The van der Waals surface area contributed by atoms with Crippen LogP contribution in [0.3, 0.4) is 0 Å². The molecule has 0 saturated carbocycles.